The van der Waals surface area contributed by atoms with Gasteiger partial charge in [-0.15, -0.1) is 0 Å². The summed E-state index contributed by atoms with van der Waals surface area (Å²) >= 11 is 0. The van der Waals surface area contributed by atoms with Crippen LogP contribution in [0.5, 0.6) is 0 Å². The van der Waals surface area contributed by atoms with Gasteiger partial charge in [-0.1, -0.05) is 50.1 Å². The van der Waals surface area contributed by atoms with E-state index < -0.39 is 23.6 Å². The Bertz CT molecular complexity index is 768. The van der Waals surface area contributed by atoms with Gasteiger partial charge in [0.15, 0.2) is 0 Å². The van der Waals surface area contributed by atoms with Crippen molar-refractivity contribution in [1.29, 1.82) is 0 Å². The normalized spacial score (nSPS) is 11.8. The number of hydrogen-bond acceptors (Lipinski definition) is 4. The Kier molecular flexibility index (Phi) is 6.05. The first kappa shape index (κ1) is 18.4. The van der Waals surface area contributed by atoms with Crippen molar-refractivity contribution in [3.63, 3.8) is 0 Å². The third-order valence-electron chi connectivity index (χ3n) is 3.83. The molecule has 2 amide bonds. The molecule has 0 saturated heterocycles. The molecule has 0 unspecified atom stereocenters. The number of nitrogens with two attached hydrogens (primary N) is 1. The Morgan fingerprint density at radius 3 is 2.52 bits per heavy atom. The quantitative estimate of drug-likeness (QED) is 0.708. The number of primary amides is 1. The van der Waals surface area contributed by atoms with Gasteiger partial charge in [0, 0.05) is 18.8 Å². The lowest BCUT2D eigenvalue weighted by atomic mass is 10.0. The van der Waals surface area contributed by atoms with Crippen molar-refractivity contribution < 1.29 is 14.4 Å². The van der Waals surface area contributed by atoms with Crippen LogP contribution in [-0.2, 0) is 16.6 Å². The summed E-state index contributed by atoms with van der Waals surface area (Å²) in [5.41, 5.74) is 6.74. The first-order valence-corrected chi connectivity index (χ1v) is 8.17. The molecule has 1 atom stereocenters. The zero-order valence-corrected chi connectivity index (χ0v) is 14.4. The summed E-state index contributed by atoms with van der Waals surface area (Å²) < 4.78 is 1.54. The number of rotatable bonds is 8. The summed E-state index contributed by atoms with van der Waals surface area (Å²) in [6, 6.07) is 8.36. The summed E-state index contributed by atoms with van der Waals surface area (Å²) in [6.45, 7) is 1.96. The predicted molar refractivity (Wildman–Crippen MR) is 93.6 cm³/mol. The van der Waals surface area contributed by atoms with Gasteiger partial charge >= 0.3 is 0 Å². The fraction of sp³-hybridized carbons (Fsp3) is 0.333. The molecule has 0 spiro atoms. The minimum absolute atomic E-state index is 0.340. The van der Waals surface area contributed by atoms with Crippen molar-refractivity contribution in [2.24, 2.45) is 12.8 Å². The molecule has 2 aromatic rings. The highest BCUT2D eigenvalue weighted by Crippen LogP contribution is 2.21. The first-order valence-electron chi connectivity index (χ1n) is 8.17. The van der Waals surface area contributed by atoms with Gasteiger partial charge in [-0.25, -0.2) is 0 Å². The molecule has 0 aliphatic heterocycles. The van der Waals surface area contributed by atoms with Crippen molar-refractivity contribution in [3.8, 4) is 11.3 Å². The maximum atomic E-state index is 12.7. The van der Waals surface area contributed by atoms with Crippen LogP contribution in [-0.4, -0.2) is 33.4 Å². The van der Waals surface area contributed by atoms with E-state index in [1.165, 1.54) is 4.68 Å². The molecule has 0 aliphatic rings. The molecule has 0 radical (unpaired) electrons. The van der Waals surface area contributed by atoms with Gasteiger partial charge in [-0.2, -0.15) is 5.10 Å². The van der Waals surface area contributed by atoms with Crippen LogP contribution in [0.15, 0.2) is 36.5 Å². The van der Waals surface area contributed by atoms with Crippen molar-refractivity contribution in [2.45, 2.75) is 32.2 Å². The van der Waals surface area contributed by atoms with Crippen LogP contribution in [0.25, 0.3) is 11.3 Å². The van der Waals surface area contributed by atoms with E-state index in [0.29, 0.717) is 24.1 Å². The van der Waals surface area contributed by atoms with Crippen LogP contribution >= 0.6 is 0 Å². The van der Waals surface area contributed by atoms with Gasteiger partial charge in [0.1, 0.15) is 5.69 Å². The molecule has 0 bridgehead atoms. The van der Waals surface area contributed by atoms with Crippen LogP contribution in [0.2, 0.25) is 0 Å². The van der Waals surface area contributed by atoms with E-state index in [1.807, 2.05) is 37.3 Å². The van der Waals surface area contributed by atoms with Crippen LogP contribution in [0.3, 0.4) is 0 Å². The highest BCUT2D eigenvalue weighted by atomic mass is 16.2. The summed E-state index contributed by atoms with van der Waals surface area (Å²) in [7, 11) is 1.71. The predicted octanol–water partition coefficient (Wildman–Crippen LogP) is 1.43. The van der Waals surface area contributed by atoms with Gasteiger partial charge < -0.3 is 11.1 Å². The minimum atomic E-state index is -1.05. The second-order valence-corrected chi connectivity index (χ2v) is 5.83. The van der Waals surface area contributed by atoms with E-state index in [1.54, 1.807) is 13.2 Å². The van der Waals surface area contributed by atoms with E-state index >= 15 is 0 Å². The monoisotopic (exact) mass is 342 g/mol. The number of carbonyl (C=O) groups excluding carboxylic acids is 3. The van der Waals surface area contributed by atoms with Gasteiger partial charge in [0.05, 0.1) is 11.6 Å². The summed E-state index contributed by atoms with van der Waals surface area (Å²) in [5, 5.41) is 6.96. The Hall–Kier alpha value is -2.96. The van der Waals surface area contributed by atoms with Crippen molar-refractivity contribution >= 4 is 17.6 Å². The highest BCUT2D eigenvalue weighted by Gasteiger charge is 2.26. The van der Waals surface area contributed by atoms with Crippen molar-refractivity contribution in [3.05, 3.63) is 42.1 Å². The highest BCUT2D eigenvalue weighted by molar-refractivity contribution is 6.38. The lowest BCUT2D eigenvalue weighted by molar-refractivity contribution is -0.137. The average Bonchev–Trinajstić information content (AvgIpc) is 3.00. The number of Topliss-reactive ketones (excluding diaryl/α,β-unsaturated/α-hetero) is 1. The topological polar surface area (TPSA) is 107 Å². The molecule has 0 fully saturated rings. The van der Waals surface area contributed by atoms with E-state index in [4.69, 9.17) is 5.73 Å². The lowest BCUT2D eigenvalue weighted by Crippen LogP contribution is -2.46. The van der Waals surface area contributed by atoms with E-state index in [-0.39, 0.29) is 0 Å². The number of amides is 2. The largest absolute Gasteiger partial charge is 0.363 e. The fourth-order valence-electron chi connectivity index (χ4n) is 2.55. The van der Waals surface area contributed by atoms with Crippen molar-refractivity contribution in [2.75, 3.05) is 0 Å². The van der Waals surface area contributed by atoms with Gasteiger partial charge in [-0.3, -0.25) is 19.1 Å². The molecule has 0 saturated carbocycles. The Labute approximate surface area is 146 Å². The molecule has 1 aromatic carbocycles. The third-order valence-corrected chi connectivity index (χ3v) is 3.83. The number of nitrogens with one attached hydrogen (secondary N) is 1. The molecular formula is C18H22N4O3. The molecule has 7 nitrogen and oxygen atoms in total. The number of aryl methyl sites for hydroxylation is 1. The number of nitrogens with zero attached hydrogens (tertiary/aromatic N) is 2. The summed E-state index contributed by atoms with van der Waals surface area (Å²) in [4.78, 5) is 35.9. The maximum absolute atomic E-state index is 12.7. The number of unbranched alkanes of at least 4 members (excludes halogenated alkanes) is 1. The molecule has 2 rings (SSSR count). The van der Waals surface area contributed by atoms with Crippen LogP contribution in [0.1, 0.15) is 36.5 Å². The molecule has 25 heavy (non-hydrogen) atoms. The zero-order chi connectivity index (χ0) is 18.4. The average molecular weight is 342 g/mol. The number of hydrogen-bond donors (Lipinski definition) is 2. The van der Waals surface area contributed by atoms with Crippen molar-refractivity contribution in [1.82, 2.24) is 15.1 Å². The van der Waals surface area contributed by atoms with E-state index in [9.17, 15) is 14.4 Å². The molecule has 1 heterocycles. The molecule has 3 N–H and O–H groups in total. The fourth-order valence-corrected chi connectivity index (χ4v) is 2.55. The molecule has 1 aromatic heterocycles. The molecular weight excluding hydrogens is 320 g/mol. The Morgan fingerprint density at radius 1 is 1.24 bits per heavy atom. The smallest absolute Gasteiger partial charge is 0.287 e. The van der Waals surface area contributed by atoms with Crippen LogP contribution in [0, 0.1) is 0 Å². The standard InChI is InChI=1S/C18H22N4O3/c1-3-4-10-14(16(23)17(19)24)20-18(25)13-11-22(2)21-15(13)12-8-6-5-7-9-12/h5-9,11,14H,3-4,10H2,1-2H3,(H2,19,24)(H,20,25)/t14-/m0/s1. The van der Waals surface area contributed by atoms with Gasteiger partial charge in [0.2, 0.25) is 5.78 Å². The third kappa shape index (κ3) is 4.53. The minimum Gasteiger partial charge on any atom is -0.363 e. The second kappa shape index (κ2) is 8.23. The second-order valence-electron chi connectivity index (χ2n) is 5.83. The lowest BCUT2D eigenvalue weighted by Gasteiger charge is -2.15. The SMILES string of the molecule is CCCC[C@H](NC(=O)c1cn(C)nc1-c1ccccc1)C(=O)C(N)=O. The molecule has 7 heteroatoms. The summed E-state index contributed by atoms with van der Waals surface area (Å²) in [6.07, 6.45) is 3.48. The van der Waals surface area contributed by atoms with Crippen LogP contribution < -0.4 is 11.1 Å². The number of ketones is 1. The Morgan fingerprint density at radius 2 is 1.92 bits per heavy atom. The van der Waals surface area contributed by atoms with Gasteiger partial charge in [0.25, 0.3) is 11.8 Å². The molecule has 132 valence electrons. The van der Waals surface area contributed by atoms with E-state index in [0.717, 1.165) is 12.0 Å². The van der Waals surface area contributed by atoms with E-state index in [2.05, 4.69) is 10.4 Å². The number of aromatic nitrogens is 2. The Balaban J connectivity index is 2.27. The zero-order valence-electron chi connectivity index (χ0n) is 14.4. The van der Waals surface area contributed by atoms with Crippen LogP contribution in [0.4, 0.5) is 0 Å². The summed E-state index contributed by atoms with van der Waals surface area (Å²) in [5.74, 6) is -2.29. The van der Waals surface area contributed by atoms with Gasteiger partial charge in [-0.05, 0) is 6.42 Å². The molecule has 0 aliphatic carbocycles. The first-order chi connectivity index (χ1) is 11.9. The maximum Gasteiger partial charge on any atom is 0.287 e. The number of carbonyl (C=O) groups is 3. The number of benzene rings is 1.